The maximum absolute atomic E-state index is 6.77. The molecule has 2 aromatic carbocycles. The third-order valence-electron chi connectivity index (χ3n) is 5.08. The Labute approximate surface area is 145 Å². The minimum Gasteiger partial charge on any atom is -0.353 e. The largest absolute Gasteiger partial charge is 0.353 e. The Bertz CT molecular complexity index is 1110. The van der Waals surface area contributed by atoms with Crippen LogP contribution in [-0.2, 0) is 12.8 Å². The quantitative estimate of drug-likeness (QED) is 0.431. The predicted octanol–water partition coefficient (Wildman–Crippen LogP) is 5.83. The number of rotatable bonds is 0. The fourth-order valence-electron chi connectivity index (χ4n) is 3.91. The highest BCUT2D eigenvalue weighted by Crippen LogP contribution is 2.40. The van der Waals surface area contributed by atoms with Gasteiger partial charge in [0, 0.05) is 16.3 Å². The van der Waals surface area contributed by atoms with E-state index in [1.54, 1.807) is 0 Å². The molecule has 2 heterocycles. The van der Waals surface area contributed by atoms with Crippen molar-refractivity contribution in [2.45, 2.75) is 26.2 Å². The number of para-hydroxylation sites is 1. The Kier molecular flexibility index (Phi) is 2.98. The molecule has 2 aromatic heterocycles. The van der Waals surface area contributed by atoms with Crippen LogP contribution in [0.3, 0.4) is 0 Å². The highest BCUT2D eigenvalue weighted by atomic mass is 35.5. The molecule has 0 spiro atoms. The molecule has 2 nitrogen and oxygen atoms in total. The van der Waals surface area contributed by atoms with E-state index < -0.39 is 0 Å². The number of aromatic amines is 1. The lowest BCUT2D eigenvalue weighted by molar-refractivity contribution is 0.838. The molecule has 1 N–H and O–H groups in total. The van der Waals surface area contributed by atoms with E-state index in [0.717, 1.165) is 46.6 Å². The molecule has 5 rings (SSSR count). The van der Waals surface area contributed by atoms with Gasteiger partial charge in [-0.2, -0.15) is 0 Å². The van der Waals surface area contributed by atoms with Gasteiger partial charge in [-0.3, -0.25) is 0 Å². The summed E-state index contributed by atoms with van der Waals surface area (Å²) in [5.41, 5.74) is 8.17. The maximum Gasteiger partial charge on any atom is 0.0922 e. The third kappa shape index (κ3) is 1.93. The van der Waals surface area contributed by atoms with Gasteiger partial charge in [0.2, 0.25) is 0 Å². The van der Waals surface area contributed by atoms with Crippen LogP contribution in [0.15, 0.2) is 42.5 Å². The van der Waals surface area contributed by atoms with Crippen molar-refractivity contribution in [2.75, 3.05) is 0 Å². The van der Waals surface area contributed by atoms with Gasteiger partial charge in [-0.05, 0) is 55.5 Å². The number of pyridine rings is 1. The standard InChI is InChI=1S/C21H17ClN2/c1-12-9-10-18-16(11-12)13-6-4-7-15-19(22)14-5-2-3-8-17(14)23-21(15)20(13)24-18/h2-3,5,8-11,24H,4,6-7H2,1H3. The Morgan fingerprint density at radius 3 is 2.75 bits per heavy atom. The number of fused-ring (bicyclic) bond motifs is 6. The molecule has 1 aliphatic rings. The van der Waals surface area contributed by atoms with Crippen LogP contribution in [-0.4, -0.2) is 9.97 Å². The zero-order valence-electron chi connectivity index (χ0n) is 13.5. The summed E-state index contributed by atoms with van der Waals surface area (Å²) in [5.74, 6) is 0. The van der Waals surface area contributed by atoms with Gasteiger partial charge in [0.25, 0.3) is 0 Å². The van der Waals surface area contributed by atoms with E-state index in [9.17, 15) is 0 Å². The minimum atomic E-state index is 0.860. The summed E-state index contributed by atoms with van der Waals surface area (Å²) in [6, 6.07) is 14.7. The van der Waals surface area contributed by atoms with Crippen molar-refractivity contribution in [3.05, 3.63) is 64.2 Å². The van der Waals surface area contributed by atoms with E-state index in [-0.39, 0.29) is 0 Å². The van der Waals surface area contributed by atoms with Gasteiger partial charge in [-0.15, -0.1) is 0 Å². The van der Waals surface area contributed by atoms with Crippen LogP contribution >= 0.6 is 11.6 Å². The van der Waals surface area contributed by atoms with Gasteiger partial charge >= 0.3 is 0 Å². The molecular formula is C21H17ClN2. The fraction of sp³-hybridized carbons (Fsp3) is 0.190. The second-order valence-corrected chi connectivity index (χ2v) is 7.03. The summed E-state index contributed by atoms with van der Waals surface area (Å²) in [6.45, 7) is 2.14. The second kappa shape index (κ2) is 5.09. The molecule has 0 radical (unpaired) electrons. The topological polar surface area (TPSA) is 28.7 Å². The highest BCUT2D eigenvalue weighted by molar-refractivity contribution is 6.36. The summed E-state index contributed by atoms with van der Waals surface area (Å²) in [6.07, 6.45) is 3.13. The molecule has 118 valence electrons. The molecule has 0 amide bonds. The first-order valence-corrected chi connectivity index (χ1v) is 8.79. The van der Waals surface area contributed by atoms with E-state index in [1.165, 1.54) is 27.6 Å². The Morgan fingerprint density at radius 1 is 1.00 bits per heavy atom. The molecule has 0 unspecified atom stereocenters. The Balaban J connectivity index is 1.90. The number of aromatic nitrogens is 2. The number of nitrogens with zero attached hydrogens (tertiary/aromatic N) is 1. The highest BCUT2D eigenvalue weighted by Gasteiger charge is 2.23. The fourth-order valence-corrected chi connectivity index (χ4v) is 4.26. The minimum absolute atomic E-state index is 0.860. The van der Waals surface area contributed by atoms with E-state index in [4.69, 9.17) is 16.6 Å². The number of H-pyrrole nitrogens is 1. The molecule has 0 aliphatic heterocycles. The van der Waals surface area contributed by atoms with E-state index in [1.807, 2.05) is 18.2 Å². The van der Waals surface area contributed by atoms with Crippen molar-refractivity contribution in [1.82, 2.24) is 9.97 Å². The van der Waals surface area contributed by atoms with Gasteiger partial charge in [0.05, 0.1) is 21.9 Å². The monoisotopic (exact) mass is 332 g/mol. The number of hydrogen-bond donors (Lipinski definition) is 1. The molecule has 0 saturated heterocycles. The molecule has 4 aromatic rings. The van der Waals surface area contributed by atoms with Crippen molar-refractivity contribution in [2.24, 2.45) is 0 Å². The molecule has 1 aliphatic carbocycles. The first-order valence-electron chi connectivity index (χ1n) is 8.41. The maximum atomic E-state index is 6.77. The zero-order valence-corrected chi connectivity index (χ0v) is 14.2. The second-order valence-electron chi connectivity index (χ2n) is 6.65. The lowest BCUT2D eigenvalue weighted by atomic mass is 10.0. The Morgan fingerprint density at radius 2 is 1.83 bits per heavy atom. The van der Waals surface area contributed by atoms with E-state index >= 15 is 0 Å². The van der Waals surface area contributed by atoms with Gasteiger partial charge < -0.3 is 4.98 Å². The van der Waals surface area contributed by atoms with Crippen LogP contribution < -0.4 is 0 Å². The van der Waals surface area contributed by atoms with Crippen molar-refractivity contribution in [1.29, 1.82) is 0 Å². The van der Waals surface area contributed by atoms with Crippen molar-refractivity contribution in [3.63, 3.8) is 0 Å². The average Bonchev–Trinajstić information content (AvgIpc) is 2.84. The molecule has 0 fully saturated rings. The lowest BCUT2D eigenvalue weighted by Gasteiger charge is -2.11. The molecule has 0 atom stereocenters. The summed E-state index contributed by atoms with van der Waals surface area (Å²) >= 11 is 6.77. The lowest BCUT2D eigenvalue weighted by Crippen LogP contribution is -1.95. The molecule has 0 saturated carbocycles. The van der Waals surface area contributed by atoms with Gasteiger partial charge in [0.1, 0.15) is 0 Å². The molecule has 3 heteroatoms. The number of benzene rings is 2. The number of hydrogen-bond acceptors (Lipinski definition) is 1. The summed E-state index contributed by atoms with van der Waals surface area (Å²) in [7, 11) is 0. The van der Waals surface area contributed by atoms with Gasteiger partial charge in [-0.25, -0.2) is 4.98 Å². The van der Waals surface area contributed by atoms with Crippen LogP contribution in [0.2, 0.25) is 5.02 Å². The van der Waals surface area contributed by atoms with Crippen LogP contribution in [0.1, 0.15) is 23.1 Å². The van der Waals surface area contributed by atoms with Gasteiger partial charge in [-0.1, -0.05) is 41.4 Å². The molecule has 0 bridgehead atoms. The smallest absolute Gasteiger partial charge is 0.0922 e. The Hall–Kier alpha value is -2.32. The van der Waals surface area contributed by atoms with Crippen LogP contribution in [0.4, 0.5) is 0 Å². The van der Waals surface area contributed by atoms with Gasteiger partial charge in [0.15, 0.2) is 0 Å². The number of aryl methyl sites for hydroxylation is 2. The van der Waals surface area contributed by atoms with E-state index in [0.29, 0.717) is 0 Å². The van der Waals surface area contributed by atoms with Crippen molar-refractivity contribution < 1.29 is 0 Å². The first kappa shape index (κ1) is 14.1. The van der Waals surface area contributed by atoms with Crippen LogP contribution in [0.25, 0.3) is 33.2 Å². The summed E-state index contributed by atoms with van der Waals surface area (Å²) < 4.78 is 0. The average molecular weight is 333 g/mol. The van der Waals surface area contributed by atoms with E-state index in [2.05, 4.69) is 36.2 Å². The normalized spacial score (nSPS) is 13.8. The SMILES string of the molecule is Cc1ccc2[nH]c3c(c2c1)CCCc1c-3nc2ccccc2c1Cl. The third-order valence-corrected chi connectivity index (χ3v) is 5.51. The molecular weight excluding hydrogens is 316 g/mol. The zero-order chi connectivity index (χ0) is 16.3. The summed E-state index contributed by atoms with van der Waals surface area (Å²) in [4.78, 5) is 8.59. The van der Waals surface area contributed by atoms with Crippen LogP contribution in [0.5, 0.6) is 0 Å². The number of halogens is 1. The predicted molar refractivity (Wildman–Crippen MR) is 101 cm³/mol. The first-order chi connectivity index (χ1) is 11.7. The van der Waals surface area contributed by atoms with Crippen molar-refractivity contribution in [3.8, 4) is 11.4 Å². The summed E-state index contributed by atoms with van der Waals surface area (Å²) in [5, 5.41) is 3.23. The number of nitrogens with one attached hydrogen (secondary N) is 1. The van der Waals surface area contributed by atoms with Crippen LogP contribution in [0, 0.1) is 6.92 Å². The van der Waals surface area contributed by atoms with Crippen molar-refractivity contribution >= 4 is 33.4 Å². The molecule has 24 heavy (non-hydrogen) atoms.